The Morgan fingerprint density at radius 2 is 1.72 bits per heavy atom. The van der Waals surface area contributed by atoms with Crippen LogP contribution in [0.4, 0.5) is 0 Å². The van der Waals surface area contributed by atoms with Crippen molar-refractivity contribution in [2.45, 2.75) is 44.6 Å². The van der Waals surface area contributed by atoms with Gasteiger partial charge in [-0.1, -0.05) is 73.5 Å². The topological polar surface area (TPSA) is 96.1 Å². The highest BCUT2D eigenvalue weighted by Crippen LogP contribution is 2.50. The number of benzene rings is 2. The fourth-order valence-electron chi connectivity index (χ4n) is 7.28. The second-order valence-corrected chi connectivity index (χ2v) is 14.0. The Hall–Kier alpha value is -3.26. The molecular weight excluding hydrogens is 508 g/mol. The van der Waals surface area contributed by atoms with Crippen LogP contribution in [0.3, 0.4) is 0 Å². The first-order chi connectivity index (χ1) is 18.8. The predicted molar refractivity (Wildman–Crippen MR) is 153 cm³/mol. The van der Waals surface area contributed by atoms with E-state index in [0.29, 0.717) is 31.2 Å². The molecule has 1 aromatic heterocycles. The molecule has 3 heterocycles. The van der Waals surface area contributed by atoms with E-state index in [0.717, 1.165) is 43.2 Å². The minimum absolute atomic E-state index is 0.0192. The average Bonchev–Trinajstić information content (AvgIpc) is 3.55. The lowest BCUT2D eigenvalue weighted by Crippen LogP contribution is -2.53. The maximum absolute atomic E-state index is 14.0. The molecule has 1 aliphatic carbocycles. The van der Waals surface area contributed by atoms with Crippen LogP contribution in [0.15, 0.2) is 77.9 Å². The maximum atomic E-state index is 14.0. The van der Waals surface area contributed by atoms with Gasteiger partial charge in [-0.25, -0.2) is 9.19 Å². The van der Waals surface area contributed by atoms with E-state index < -0.39 is 15.6 Å². The summed E-state index contributed by atoms with van der Waals surface area (Å²) in [6, 6.07) is 21.2. The monoisotopic (exact) mass is 544 g/mol. The van der Waals surface area contributed by atoms with Crippen molar-refractivity contribution < 1.29 is 9.00 Å². The van der Waals surface area contributed by atoms with Crippen molar-refractivity contribution >= 4 is 15.6 Å². The summed E-state index contributed by atoms with van der Waals surface area (Å²) in [5.41, 5.74) is 2.55. The summed E-state index contributed by atoms with van der Waals surface area (Å²) in [5, 5.41) is 0. The van der Waals surface area contributed by atoms with Gasteiger partial charge in [0.05, 0.1) is 17.9 Å². The van der Waals surface area contributed by atoms with E-state index in [2.05, 4.69) is 4.98 Å². The van der Waals surface area contributed by atoms with E-state index in [4.69, 9.17) is 4.78 Å². The summed E-state index contributed by atoms with van der Waals surface area (Å²) in [6.45, 7) is 1.92. The van der Waals surface area contributed by atoms with Gasteiger partial charge in [0, 0.05) is 58.4 Å². The molecule has 2 unspecified atom stereocenters. The van der Waals surface area contributed by atoms with E-state index in [9.17, 15) is 13.8 Å². The van der Waals surface area contributed by atoms with E-state index in [-0.39, 0.29) is 34.3 Å². The minimum Gasteiger partial charge on any atom is -0.342 e. The van der Waals surface area contributed by atoms with Crippen molar-refractivity contribution in [2.24, 2.45) is 17.3 Å². The normalized spacial score (nSPS) is 28.1. The molecule has 2 aliphatic heterocycles. The molecule has 3 aromatic rings. The summed E-state index contributed by atoms with van der Waals surface area (Å²) < 4.78 is 22.9. The van der Waals surface area contributed by atoms with Crippen molar-refractivity contribution in [1.29, 1.82) is 4.78 Å². The number of carbonyl (C=O) groups is 1. The van der Waals surface area contributed by atoms with Crippen molar-refractivity contribution in [1.82, 2.24) is 14.5 Å². The Morgan fingerprint density at radius 1 is 1.03 bits per heavy atom. The Bertz CT molecular complexity index is 1500. The van der Waals surface area contributed by atoms with Crippen LogP contribution in [0.5, 0.6) is 0 Å². The SMILES string of the molecule is N=S1(=O)C[C@@H](C(=O)N2CCC(Cn3cnc(-c4ccccc4)cc3=O)C3(CCCC3)C2)[C@H](c2ccccc2)C1. The van der Waals surface area contributed by atoms with Crippen molar-refractivity contribution in [2.75, 3.05) is 24.6 Å². The molecule has 7 nitrogen and oxygen atoms in total. The van der Waals surface area contributed by atoms with Crippen LogP contribution in [0.1, 0.15) is 43.6 Å². The number of hydrogen-bond donors (Lipinski definition) is 1. The number of nitrogens with zero attached hydrogens (tertiary/aromatic N) is 3. The van der Waals surface area contributed by atoms with E-state index in [1.165, 1.54) is 0 Å². The highest BCUT2D eigenvalue weighted by molar-refractivity contribution is 7.92. The second kappa shape index (κ2) is 10.4. The lowest BCUT2D eigenvalue weighted by Gasteiger charge is -2.47. The Labute approximate surface area is 230 Å². The zero-order valence-electron chi connectivity index (χ0n) is 22.2. The minimum atomic E-state index is -2.78. The lowest BCUT2D eigenvalue weighted by molar-refractivity contribution is -0.140. The molecule has 0 bridgehead atoms. The summed E-state index contributed by atoms with van der Waals surface area (Å²) in [5.74, 6) is 0.160. The van der Waals surface area contributed by atoms with Gasteiger partial charge in [0.15, 0.2) is 0 Å². The molecule has 0 radical (unpaired) electrons. The van der Waals surface area contributed by atoms with Gasteiger partial charge < -0.3 is 4.90 Å². The molecule has 2 aromatic carbocycles. The maximum Gasteiger partial charge on any atom is 0.253 e. The number of likely N-dealkylation sites (tertiary alicyclic amines) is 1. The molecule has 6 rings (SSSR count). The van der Waals surface area contributed by atoms with Crippen LogP contribution >= 0.6 is 0 Å². The quantitative estimate of drug-likeness (QED) is 0.500. The molecule has 204 valence electrons. The number of hydrogen-bond acceptors (Lipinski definition) is 5. The van der Waals surface area contributed by atoms with Gasteiger partial charge in [0.1, 0.15) is 0 Å². The second-order valence-electron chi connectivity index (χ2n) is 11.7. The molecule has 4 atom stereocenters. The fraction of sp³-hybridized carbons (Fsp3) is 0.452. The number of rotatable bonds is 5. The van der Waals surface area contributed by atoms with Gasteiger partial charge in [-0.3, -0.25) is 18.9 Å². The molecule has 3 aliphatic rings. The molecule has 39 heavy (non-hydrogen) atoms. The Kier molecular flexibility index (Phi) is 6.91. The van der Waals surface area contributed by atoms with E-state index >= 15 is 0 Å². The van der Waals surface area contributed by atoms with Crippen LogP contribution in [0.25, 0.3) is 11.3 Å². The van der Waals surface area contributed by atoms with Crippen LogP contribution in [0.2, 0.25) is 0 Å². The van der Waals surface area contributed by atoms with Crippen molar-refractivity contribution in [3.63, 3.8) is 0 Å². The lowest BCUT2D eigenvalue weighted by atomic mass is 9.69. The van der Waals surface area contributed by atoms with Gasteiger partial charge in [-0.15, -0.1) is 0 Å². The number of piperidine rings is 1. The standard InChI is InChI=1S/C31H36N4O3S/c32-39(38)19-26(23-9-3-1-4-10-23)27(20-39)30(37)34-16-13-25(31(21-34)14-7-8-15-31)18-35-22-33-28(17-29(35)36)24-11-5-2-6-12-24/h1-6,9-12,17,22,25-27,32H,7-8,13-16,18-21H2/t25?,26-,27+,39?/m0/s1. The first-order valence-corrected chi connectivity index (χ1v) is 15.9. The molecule has 1 spiro atoms. The first-order valence-electron chi connectivity index (χ1n) is 14.0. The molecule has 2 saturated heterocycles. The molecule has 8 heteroatoms. The third kappa shape index (κ3) is 5.19. The predicted octanol–water partition coefficient (Wildman–Crippen LogP) is 4.78. The molecule has 3 fully saturated rings. The average molecular weight is 545 g/mol. The summed E-state index contributed by atoms with van der Waals surface area (Å²) in [4.78, 5) is 33.6. The Morgan fingerprint density at radius 3 is 2.41 bits per heavy atom. The van der Waals surface area contributed by atoms with Gasteiger partial charge >= 0.3 is 0 Å². The summed E-state index contributed by atoms with van der Waals surface area (Å²) in [6.07, 6.45) is 6.88. The van der Waals surface area contributed by atoms with Crippen LogP contribution < -0.4 is 5.56 Å². The molecule has 1 saturated carbocycles. The highest BCUT2D eigenvalue weighted by atomic mass is 32.2. The van der Waals surface area contributed by atoms with Crippen LogP contribution in [-0.4, -0.2) is 49.2 Å². The number of nitrogens with one attached hydrogen (secondary N) is 1. The summed E-state index contributed by atoms with van der Waals surface area (Å²) in [7, 11) is -2.78. The highest BCUT2D eigenvalue weighted by Gasteiger charge is 2.49. The van der Waals surface area contributed by atoms with Gasteiger partial charge in [-0.05, 0) is 36.2 Å². The largest absolute Gasteiger partial charge is 0.342 e. The Balaban J connectivity index is 1.21. The summed E-state index contributed by atoms with van der Waals surface area (Å²) >= 11 is 0. The van der Waals surface area contributed by atoms with Crippen LogP contribution in [-0.2, 0) is 21.1 Å². The third-order valence-corrected chi connectivity index (χ3v) is 11.1. The number of amides is 1. The van der Waals surface area contributed by atoms with Crippen molar-refractivity contribution in [3.8, 4) is 11.3 Å². The van der Waals surface area contributed by atoms with Gasteiger partial charge in [-0.2, -0.15) is 0 Å². The van der Waals surface area contributed by atoms with E-state index in [1.807, 2.05) is 65.6 Å². The molecule has 1 N–H and O–H groups in total. The zero-order chi connectivity index (χ0) is 27.0. The van der Waals surface area contributed by atoms with E-state index in [1.54, 1.807) is 17.0 Å². The van der Waals surface area contributed by atoms with Gasteiger partial charge in [0.2, 0.25) is 5.91 Å². The van der Waals surface area contributed by atoms with Gasteiger partial charge in [0.25, 0.3) is 5.56 Å². The van der Waals surface area contributed by atoms with Crippen LogP contribution in [0, 0.1) is 22.0 Å². The van der Waals surface area contributed by atoms with Crippen molar-refractivity contribution in [3.05, 3.63) is 89.0 Å². The number of aromatic nitrogens is 2. The molecular formula is C31H36N4O3S. The smallest absolute Gasteiger partial charge is 0.253 e. The number of carbonyl (C=O) groups excluding carboxylic acids is 1. The zero-order valence-corrected chi connectivity index (χ0v) is 23.0. The molecule has 1 amide bonds. The first kappa shape index (κ1) is 26.0. The third-order valence-electron chi connectivity index (χ3n) is 9.32. The fourth-order valence-corrected chi connectivity index (χ4v) is 9.37.